The molecule has 4 aliphatic rings. The maximum absolute atomic E-state index is 4.34. The smallest absolute Gasteiger partial charge is 0.0749 e. The minimum absolute atomic E-state index is 0.350. The van der Waals surface area contributed by atoms with Crippen molar-refractivity contribution in [3.8, 4) is 0 Å². The topological polar surface area (TPSA) is 15.4 Å². The molecule has 2 heteroatoms. The summed E-state index contributed by atoms with van der Waals surface area (Å²) in [6.07, 6.45) is 9.85. The zero-order chi connectivity index (χ0) is 8.47. The van der Waals surface area contributed by atoms with E-state index < -0.39 is 0 Å². The summed E-state index contributed by atoms with van der Waals surface area (Å²) < 4.78 is 0. The van der Waals surface area contributed by atoms with Gasteiger partial charge in [-0.3, -0.25) is 9.89 Å². The lowest BCUT2D eigenvalue weighted by atomic mass is 9.86. The van der Waals surface area contributed by atoms with Gasteiger partial charge in [0.25, 0.3) is 0 Å². The molecule has 3 heterocycles. The predicted octanol–water partition coefficient (Wildman–Crippen LogP) is 1.28. The molecular weight excluding hydrogens is 160 g/mol. The van der Waals surface area contributed by atoms with Crippen molar-refractivity contribution < 1.29 is 0 Å². The first-order valence-electron chi connectivity index (χ1n) is 4.83. The van der Waals surface area contributed by atoms with Crippen LogP contribution in [0.2, 0.25) is 0 Å². The third-order valence-corrected chi connectivity index (χ3v) is 3.62. The zero-order valence-corrected chi connectivity index (χ0v) is 7.33. The van der Waals surface area contributed by atoms with Gasteiger partial charge in [-0.2, -0.15) is 0 Å². The summed E-state index contributed by atoms with van der Waals surface area (Å²) in [6, 6.07) is 0. The Balaban J connectivity index is 2.01. The van der Waals surface area contributed by atoms with Crippen LogP contribution in [0.15, 0.2) is 40.6 Å². The molecule has 13 heavy (non-hydrogen) atoms. The SMILES string of the molecule is C1=CC2=C3CCN4CC34C=CC2=N1. The number of hydrogen-bond donors (Lipinski definition) is 0. The summed E-state index contributed by atoms with van der Waals surface area (Å²) in [6.45, 7) is 2.48. The molecule has 0 N–H and O–H groups in total. The van der Waals surface area contributed by atoms with Gasteiger partial charge in [0, 0.05) is 24.9 Å². The normalized spacial score (nSPS) is 43.1. The number of aliphatic imine (C=N–C) groups is 1. The highest BCUT2D eigenvalue weighted by atomic mass is 15.4. The fourth-order valence-corrected chi connectivity index (χ4v) is 2.86. The molecule has 0 radical (unpaired) electrons. The van der Waals surface area contributed by atoms with Crippen LogP contribution in [0.4, 0.5) is 0 Å². The number of fused-ring (bicyclic) bond motifs is 1. The first kappa shape index (κ1) is 6.33. The molecule has 1 spiro atoms. The van der Waals surface area contributed by atoms with Crippen molar-refractivity contribution in [1.29, 1.82) is 0 Å². The Bertz CT molecular complexity index is 425. The van der Waals surface area contributed by atoms with Crippen molar-refractivity contribution in [2.24, 2.45) is 4.99 Å². The van der Waals surface area contributed by atoms with Gasteiger partial charge in [-0.15, -0.1) is 0 Å². The van der Waals surface area contributed by atoms with E-state index >= 15 is 0 Å². The van der Waals surface area contributed by atoms with E-state index in [4.69, 9.17) is 0 Å². The minimum Gasteiger partial charge on any atom is -0.287 e. The van der Waals surface area contributed by atoms with Crippen LogP contribution in [0.1, 0.15) is 6.42 Å². The lowest BCUT2D eigenvalue weighted by Gasteiger charge is -2.17. The Morgan fingerprint density at radius 2 is 2.38 bits per heavy atom. The number of rotatable bonds is 0. The minimum atomic E-state index is 0.350. The Labute approximate surface area is 77.0 Å². The van der Waals surface area contributed by atoms with E-state index in [9.17, 15) is 0 Å². The standard InChI is InChI=1S/C11H10N2/c1-4-11-7-13(11)6-3-9(11)8-2-5-12-10(1)8/h1-2,4-5H,3,6-7H2. The highest BCUT2D eigenvalue weighted by Gasteiger charge is 2.58. The maximum Gasteiger partial charge on any atom is 0.0749 e. The summed E-state index contributed by atoms with van der Waals surface area (Å²) in [5, 5.41) is 0. The van der Waals surface area contributed by atoms with Gasteiger partial charge in [0.1, 0.15) is 0 Å². The van der Waals surface area contributed by atoms with E-state index in [-0.39, 0.29) is 0 Å². The molecule has 0 saturated carbocycles. The van der Waals surface area contributed by atoms with Crippen LogP contribution in [0.5, 0.6) is 0 Å². The van der Waals surface area contributed by atoms with Crippen LogP contribution >= 0.6 is 0 Å². The third-order valence-electron chi connectivity index (χ3n) is 3.62. The fraction of sp³-hybridized carbons (Fsp3) is 0.364. The van der Waals surface area contributed by atoms with Crippen LogP contribution in [0, 0.1) is 0 Å². The van der Waals surface area contributed by atoms with Crippen molar-refractivity contribution in [2.75, 3.05) is 13.1 Å². The molecular formula is C11H10N2. The molecule has 0 aromatic carbocycles. The fourth-order valence-electron chi connectivity index (χ4n) is 2.86. The highest BCUT2D eigenvalue weighted by molar-refractivity contribution is 6.14. The van der Waals surface area contributed by atoms with Gasteiger partial charge in [-0.25, -0.2) is 0 Å². The second-order valence-electron chi connectivity index (χ2n) is 4.15. The van der Waals surface area contributed by atoms with Gasteiger partial charge < -0.3 is 0 Å². The quantitative estimate of drug-likeness (QED) is 0.500. The molecule has 2 atom stereocenters. The first-order chi connectivity index (χ1) is 6.40. The Morgan fingerprint density at radius 1 is 1.38 bits per heavy atom. The second-order valence-corrected chi connectivity index (χ2v) is 4.15. The van der Waals surface area contributed by atoms with E-state index in [2.05, 4.69) is 28.1 Å². The molecule has 0 bridgehead atoms. The van der Waals surface area contributed by atoms with Crippen molar-refractivity contribution in [3.05, 3.63) is 35.6 Å². The van der Waals surface area contributed by atoms with E-state index in [0.717, 1.165) is 0 Å². The molecule has 2 saturated heterocycles. The van der Waals surface area contributed by atoms with Gasteiger partial charge in [0.15, 0.2) is 0 Å². The Morgan fingerprint density at radius 3 is 3.31 bits per heavy atom. The summed E-state index contributed by atoms with van der Waals surface area (Å²) in [4.78, 5) is 6.88. The summed E-state index contributed by atoms with van der Waals surface area (Å²) in [5.41, 5.74) is 4.54. The van der Waals surface area contributed by atoms with Crippen molar-refractivity contribution in [3.63, 3.8) is 0 Å². The molecule has 0 aromatic rings. The largest absolute Gasteiger partial charge is 0.287 e. The van der Waals surface area contributed by atoms with Gasteiger partial charge >= 0.3 is 0 Å². The molecule has 0 aromatic heterocycles. The van der Waals surface area contributed by atoms with E-state index in [1.165, 1.54) is 30.8 Å². The Hall–Kier alpha value is -1.15. The van der Waals surface area contributed by atoms with E-state index in [1.54, 1.807) is 5.57 Å². The summed E-state index contributed by atoms with van der Waals surface area (Å²) >= 11 is 0. The maximum atomic E-state index is 4.34. The van der Waals surface area contributed by atoms with Crippen LogP contribution in [0.25, 0.3) is 0 Å². The van der Waals surface area contributed by atoms with Crippen LogP contribution in [0.3, 0.4) is 0 Å². The molecule has 3 aliphatic heterocycles. The van der Waals surface area contributed by atoms with Crippen molar-refractivity contribution >= 4 is 5.71 Å². The lowest BCUT2D eigenvalue weighted by molar-refractivity contribution is 0.561. The van der Waals surface area contributed by atoms with Gasteiger partial charge in [0.2, 0.25) is 0 Å². The van der Waals surface area contributed by atoms with Gasteiger partial charge in [-0.05, 0) is 24.1 Å². The zero-order valence-electron chi connectivity index (χ0n) is 7.33. The molecule has 2 unspecified atom stereocenters. The first-order valence-corrected chi connectivity index (χ1v) is 4.83. The summed E-state index contributed by atoms with van der Waals surface area (Å²) in [5.74, 6) is 0. The number of hydrogen-bond acceptors (Lipinski definition) is 2. The highest BCUT2D eigenvalue weighted by Crippen LogP contribution is 2.51. The van der Waals surface area contributed by atoms with Crippen LogP contribution in [-0.4, -0.2) is 29.2 Å². The predicted molar refractivity (Wildman–Crippen MR) is 51.7 cm³/mol. The molecule has 64 valence electrons. The van der Waals surface area contributed by atoms with Crippen LogP contribution in [-0.2, 0) is 0 Å². The van der Waals surface area contributed by atoms with E-state index in [0.29, 0.717) is 5.54 Å². The molecule has 0 amide bonds. The summed E-state index contributed by atoms with van der Waals surface area (Å²) in [7, 11) is 0. The van der Waals surface area contributed by atoms with E-state index in [1.807, 2.05) is 6.20 Å². The monoisotopic (exact) mass is 170 g/mol. The van der Waals surface area contributed by atoms with Crippen molar-refractivity contribution in [1.82, 2.24) is 4.90 Å². The third kappa shape index (κ3) is 0.563. The van der Waals surface area contributed by atoms with Gasteiger partial charge in [-0.1, -0.05) is 6.08 Å². The molecule has 2 fully saturated rings. The number of nitrogens with zero attached hydrogens (tertiary/aromatic N) is 2. The van der Waals surface area contributed by atoms with Crippen molar-refractivity contribution in [2.45, 2.75) is 12.0 Å². The average molecular weight is 170 g/mol. The lowest BCUT2D eigenvalue weighted by Crippen LogP contribution is -2.18. The average Bonchev–Trinajstić information content (AvgIpc) is 2.60. The second kappa shape index (κ2) is 1.70. The number of piperidine rings is 1. The molecule has 2 nitrogen and oxygen atoms in total. The molecule has 1 aliphatic carbocycles. The van der Waals surface area contributed by atoms with Gasteiger partial charge in [0.05, 0.1) is 11.3 Å². The Kier molecular flexibility index (Phi) is 0.830. The molecule has 4 rings (SSSR count). The number of allylic oxidation sites excluding steroid dienone is 3. The van der Waals surface area contributed by atoms with Crippen LogP contribution < -0.4 is 0 Å².